The number of hydrogen-bond acceptors (Lipinski definition) is 5. The molecule has 2 aromatic rings. The largest absolute Gasteiger partial charge is 0.308 e. The highest BCUT2D eigenvalue weighted by atomic mass is 15.3. The van der Waals surface area contributed by atoms with Crippen LogP contribution in [0.2, 0.25) is 0 Å². The van der Waals surface area contributed by atoms with Crippen molar-refractivity contribution < 1.29 is 0 Å². The third-order valence-corrected chi connectivity index (χ3v) is 3.35. The van der Waals surface area contributed by atoms with Gasteiger partial charge in [-0.1, -0.05) is 27.7 Å². The van der Waals surface area contributed by atoms with Crippen molar-refractivity contribution in [3.05, 3.63) is 29.6 Å². The summed E-state index contributed by atoms with van der Waals surface area (Å²) in [7, 11) is 0. The Morgan fingerprint density at radius 1 is 1.29 bits per heavy atom. The van der Waals surface area contributed by atoms with Crippen LogP contribution in [0.5, 0.6) is 0 Å². The molecule has 114 valence electrons. The number of hydrazine groups is 1. The number of imidazole rings is 1. The molecule has 0 unspecified atom stereocenters. The standard InChI is InChI=1S/C15H24N6/c1-6-7-11-17-8-9-21(11)13-10(2)12(20-16)18-14(19-13)15(3,4)5/h8-9H,6-7,16H2,1-5H3,(H,18,19,20). The van der Waals surface area contributed by atoms with E-state index in [0.29, 0.717) is 5.82 Å². The zero-order valence-corrected chi connectivity index (χ0v) is 13.4. The molecule has 2 heterocycles. The van der Waals surface area contributed by atoms with E-state index in [4.69, 9.17) is 10.8 Å². The minimum Gasteiger partial charge on any atom is -0.308 e. The van der Waals surface area contributed by atoms with Gasteiger partial charge in [-0.05, 0) is 13.3 Å². The van der Waals surface area contributed by atoms with Gasteiger partial charge in [-0.2, -0.15) is 0 Å². The fraction of sp³-hybridized carbons (Fsp3) is 0.533. The van der Waals surface area contributed by atoms with Crippen molar-refractivity contribution >= 4 is 5.82 Å². The van der Waals surface area contributed by atoms with Crippen molar-refractivity contribution in [2.75, 3.05) is 5.43 Å². The molecule has 0 spiro atoms. The molecule has 0 aliphatic carbocycles. The van der Waals surface area contributed by atoms with Gasteiger partial charge in [-0.25, -0.2) is 20.8 Å². The Kier molecular flexibility index (Phi) is 4.27. The number of nitrogen functional groups attached to an aromatic ring is 1. The monoisotopic (exact) mass is 288 g/mol. The van der Waals surface area contributed by atoms with Crippen LogP contribution in [0, 0.1) is 6.92 Å². The average Bonchev–Trinajstić information content (AvgIpc) is 2.86. The smallest absolute Gasteiger partial charge is 0.148 e. The minimum absolute atomic E-state index is 0.153. The molecule has 0 fully saturated rings. The Bertz CT molecular complexity index is 624. The minimum atomic E-state index is -0.153. The van der Waals surface area contributed by atoms with Gasteiger partial charge >= 0.3 is 0 Å². The summed E-state index contributed by atoms with van der Waals surface area (Å²) in [5, 5.41) is 0. The molecule has 6 nitrogen and oxygen atoms in total. The second kappa shape index (κ2) is 5.81. The Morgan fingerprint density at radius 3 is 2.57 bits per heavy atom. The van der Waals surface area contributed by atoms with Gasteiger partial charge in [-0.15, -0.1) is 0 Å². The summed E-state index contributed by atoms with van der Waals surface area (Å²) in [6, 6.07) is 0. The maximum Gasteiger partial charge on any atom is 0.148 e. The van der Waals surface area contributed by atoms with Crippen molar-refractivity contribution in [2.45, 2.75) is 52.9 Å². The van der Waals surface area contributed by atoms with E-state index in [9.17, 15) is 0 Å². The van der Waals surface area contributed by atoms with Gasteiger partial charge < -0.3 is 5.43 Å². The first-order chi connectivity index (χ1) is 9.88. The second-order valence-electron chi connectivity index (χ2n) is 6.20. The van der Waals surface area contributed by atoms with Gasteiger partial charge in [0.25, 0.3) is 0 Å². The summed E-state index contributed by atoms with van der Waals surface area (Å²) in [4.78, 5) is 13.7. The molecule has 21 heavy (non-hydrogen) atoms. The quantitative estimate of drug-likeness (QED) is 0.667. The normalized spacial score (nSPS) is 11.7. The number of nitrogens with zero attached hydrogens (tertiary/aromatic N) is 4. The predicted molar refractivity (Wildman–Crippen MR) is 84.4 cm³/mol. The van der Waals surface area contributed by atoms with Gasteiger partial charge in [0.1, 0.15) is 23.3 Å². The van der Waals surface area contributed by atoms with E-state index in [1.807, 2.05) is 17.7 Å². The summed E-state index contributed by atoms with van der Waals surface area (Å²) in [5.41, 5.74) is 3.44. The number of anilines is 1. The SMILES string of the molecule is CCCc1nccn1-c1nc(C(C)(C)C)nc(NN)c1C. The van der Waals surface area contributed by atoms with Crippen LogP contribution in [0.1, 0.15) is 51.3 Å². The summed E-state index contributed by atoms with van der Waals surface area (Å²) >= 11 is 0. The topological polar surface area (TPSA) is 81.7 Å². The van der Waals surface area contributed by atoms with Gasteiger partial charge in [0.15, 0.2) is 0 Å². The maximum absolute atomic E-state index is 5.62. The third kappa shape index (κ3) is 3.05. The van der Waals surface area contributed by atoms with Crippen LogP contribution in [0.3, 0.4) is 0 Å². The second-order valence-corrected chi connectivity index (χ2v) is 6.20. The van der Waals surface area contributed by atoms with Crippen molar-refractivity contribution in [3.8, 4) is 5.82 Å². The molecule has 0 aromatic carbocycles. The van der Waals surface area contributed by atoms with E-state index >= 15 is 0 Å². The fourth-order valence-electron chi connectivity index (χ4n) is 2.15. The Balaban J connectivity index is 2.64. The lowest BCUT2D eigenvalue weighted by Gasteiger charge is -2.21. The maximum atomic E-state index is 5.62. The number of aromatic nitrogens is 4. The van der Waals surface area contributed by atoms with Gasteiger partial charge in [0, 0.05) is 29.8 Å². The summed E-state index contributed by atoms with van der Waals surface area (Å²) in [5.74, 6) is 8.87. The fourth-order valence-corrected chi connectivity index (χ4v) is 2.15. The molecule has 0 saturated carbocycles. The number of aryl methyl sites for hydroxylation is 1. The Labute approximate surface area is 125 Å². The van der Waals surface area contributed by atoms with E-state index in [1.54, 1.807) is 6.20 Å². The lowest BCUT2D eigenvalue weighted by atomic mass is 9.95. The Hall–Kier alpha value is -1.95. The molecule has 0 aliphatic rings. The molecule has 2 aromatic heterocycles. The van der Waals surface area contributed by atoms with Crippen molar-refractivity contribution in [3.63, 3.8) is 0 Å². The average molecular weight is 288 g/mol. The number of nitrogens with two attached hydrogens (primary N) is 1. The zero-order chi connectivity index (χ0) is 15.6. The molecule has 0 saturated heterocycles. The third-order valence-electron chi connectivity index (χ3n) is 3.35. The van der Waals surface area contributed by atoms with E-state index in [0.717, 1.165) is 35.9 Å². The highest BCUT2D eigenvalue weighted by molar-refractivity contribution is 5.51. The van der Waals surface area contributed by atoms with E-state index in [-0.39, 0.29) is 5.41 Å². The van der Waals surface area contributed by atoms with Gasteiger partial charge in [0.2, 0.25) is 0 Å². The molecule has 0 atom stereocenters. The van der Waals surface area contributed by atoms with Crippen molar-refractivity contribution in [1.29, 1.82) is 0 Å². The van der Waals surface area contributed by atoms with E-state index < -0.39 is 0 Å². The van der Waals surface area contributed by atoms with Gasteiger partial charge in [-0.3, -0.25) is 4.57 Å². The summed E-state index contributed by atoms with van der Waals surface area (Å²) < 4.78 is 2.02. The predicted octanol–water partition coefficient (Wildman–Crippen LogP) is 2.51. The molecule has 0 aliphatic heterocycles. The van der Waals surface area contributed by atoms with Crippen molar-refractivity contribution in [2.24, 2.45) is 5.84 Å². The number of hydrogen-bond donors (Lipinski definition) is 2. The number of rotatable bonds is 4. The first kappa shape index (κ1) is 15.4. The van der Waals surface area contributed by atoms with Crippen LogP contribution in [-0.2, 0) is 11.8 Å². The van der Waals surface area contributed by atoms with E-state index in [1.165, 1.54) is 0 Å². The summed E-state index contributed by atoms with van der Waals surface area (Å²) in [6.07, 6.45) is 5.69. The van der Waals surface area contributed by atoms with Crippen LogP contribution < -0.4 is 11.3 Å². The molecule has 0 amide bonds. The highest BCUT2D eigenvalue weighted by Crippen LogP contribution is 2.25. The first-order valence-corrected chi connectivity index (χ1v) is 7.26. The lowest BCUT2D eigenvalue weighted by molar-refractivity contribution is 0.542. The van der Waals surface area contributed by atoms with Crippen molar-refractivity contribution in [1.82, 2.24) is 19.5 Å². The van der Waals surface area contributed by atoms with Crippen LogP contribution in [0.25, 0.3) is 5.82 Å². The molecule has 0 radical (unpaired) electrons. The summed E-state index contributed by atoms with van der Waals surface area (Å²) in [6.45, 7) is 10.4. The zero-order valence-electron chi connectivity index (χ0n) is 13.4. The van der Waals surface area contributed by atoms with Gasteiger partial charge in [0.05, 0.1) is 0 Å². The van der Waals surface area contributed by atoms with E-state index in [2.05, 4.69) is 43.1 Å². The molecule has 3 N–H and O–H groups in total. The van der Waals surface area contributed by atoms with Crippen LogP contribution in [-0.4, -0.2) is 19.5 Å². The molecule has 6 heteroatoms. The van der Waals surface area contributed by atoms with Crippen LogP contribution >= 0.6 is 0 Å². The molecule has 0 bridgehead atoms. The lowest BCUT2D eigenvalue weighted by Crippen LogP contribution is -2.22. The van der Waals surface area contributed by atoms with Crippen LogP contribution in [0.15, 0.2) is 12.4 Å². The number of nitrogens with one attached hydrogen (secondary N) is 1. The van der Waals surface area contributed by atoms with Crippen LogP contribution in [0.4, 0.5) is 5.82 Å². The molecule has 2 rings (SSSR count). The highest BCUT2D eigenvalue weighted by Gasteiger charge is 2.22. The molecular formula is C15H24N6. The molecular weight excluding hydrogens is 264 g/mol. The Morgan fingerprint density at radius 2 is 2.00 bits per heavy atom. The first-order valence-electron chi connectivity index (χ1n) is 7.26.